The van der Waals surface area contributed by atoms with Crippen LogP contribution in [-0.4, -0.2) is 66.3 Å². The van der Waals surface area contributed by atoms with Crippen molar-refractivity contribution in [1.29, 1.82) is 0 Å². The molecule has 10 heteroatoms. The van der Waals surface area contributed by atoms with E-state index in [9.17, 15) is 19.4 Å². The average molecular weight is 775 g/mol. The van der Waals surface area contributed by atoms with Crippen molar-refractivity contribution in [1.82, 2.24) is 0 Å². The van der Waals surface area contributed by atoms with Crippen LogP contribution < -0.4 is 0 Å². The molecular formula is C43H83O9P. The molecule has 9 nitrogen and oxygen atoms in total. The molecule has 0 aromatic heterocycles. The van der Waals surface area contributed by atoms with Gasteiger partial charge in [0.25, 0.3) is 0 Å². The number of unbranched alkanes of at least 4 members (excludes halogenated alkanes) is 24. The van der Waals surface area contributed by atoms with Gasteiger partial charge in [-0.15, -0.1) is 0 Å². The molecule has 314 valence electrons. The SMILES string of the molecule is CCCCCC/C=C\CCCCCCCC(=O)OC(COCCCCCCCCCC/C=C\CCCCCCCCC)COP(=O)(O)OCC(O)CO. The summed E-state index contributed by atoms with van der Waals surface area (Å²) in [5, 5.41) is 18.3. The molecule has 0 amide bonds. The fraction of sp³-hybridized carbons (Fsp3) is 0.884. The van der Waals surface area contributed by atoms with Crippen LogP contribution in [0.2, 0.25) is 0 Å². The van der Waals surface area contributed by atoms with Gasteiger partial charge in [-0.1, -0.05) is 154 Å². The van der Waals surface area contributed by atoms with Gasteiger partial charge in [-0.3, -0.25) is 13.8 Å². The second kappa shape index (κ2) is 40.6. The molecule has 0 aliphatic rings. The van der Waals surface area contributed by atoms with E-state index in [1.165, 1.54) is 122 Å². The molecule has 0 spiro atoms. The second-order valence-electron chi connectivity index (χ2n) is 14.7. The van der Waals surface area contributed by atoms with Gasteiger partial charge < -0.3 is 24.6 Å². The van der Waals surface area contributed by atoms with Gasteiger partial charge >= 0.3 is 13.8 Å². The Kier molecular flexibility index (Phi) is 39.8. The van der Waals surface area contributed by atoms with Crippen molar-refractivity contribution in [3.63, 3.8) is 0 Å². The Morgan fingerprint density at radius 2 is 0.962 bits per heavy atom. The summed E-state index contributed by atoms with van der Waals surface area (Å²) < 4.78 is 33.3. The van der Waals surface area contributed by atoms with Crippen LogP contribution in [-0.2, 0) is 27.9 Å². The molecule has 3 N–H and O–H groups in total. The zero-order chi connectivity index (χ0) is 38.9. The molecule has 0 rings (SSSR count). The third-order valence-corrected chi connectivity index (χ3v) is 10.3. The van der Waals surface area contributed by atoms with E-state index in [1.54, 1.807) is 0 Å². The molecule has 0 aliphatic carbocycles. The maximum Gasteiger partial charge on any atom is 0.472 e. The van der Waals surface area contributed by atoms with Gasteiger partial charge in [0.1, 0.15) is 12.2 Å². The molecule has 0 aromatic carbocycles. The molecule has 3 unspecified atom stereocenters. The van der Waals surface area contributed by atoms with E-state index in [1.807, 2.05) is 0 Å². The summed E-state index contributed by atoms with van der Waals surface area (Å²) in [5.74, 6) is -0.392. The maximum absolute atomic E-state index is 12.6. The quantitative estimate of drug-likeness (QED) is 0.0240. The highest BCUT2D eigenvalue weighted by Crippen LogP contribution is 2.43. The zero-order valence-electron chi connectivity index (χ0n) is 34.2. The summed E-state index contributed by atoms with van der Waals surface area (Å²) in [7, 11) is -4.52. The molecule has 0 radical (unpaired) electrons. The smallest absolute Gasteiger partial charge is 0.457 e. The lowest BCUT2D eigenvalue weighted by Gasteiger charge is -2.20. The number of phosphoric ester groups is 1. The lowest BCUT2D eigenvalue weighted by atomic mass is 10.1. The first-order valence-electron chi connectivity index (χ1n) is 21.8. The second-order valence-corrected chi connectivity index (χ2v) is 16.2. The summed E-state index contributed by atoms with van der Waals surface area (Å²) in [4.78, 5) is 22.5. The zero-order valence-corrected chi connectivity index (χ0v) is 35.1. The topological polar surface area (TPSA) is 132 Å². The van der Waals surface area contributed by atoms with Gasteiger partial charge in [0, 0.05) is 13.0 Å². The normalized spacial score (nSPS) is 14.3. The molecule has 53 heavy (non-hydrogen) atoms. The Labute approximate surface area is 325 Å². The summed E-state index contributed by atoms with van der Waals surface area (Å²) in [6.07, 6.45) is 41.3. The molecular weight excluding hydrogens is 691 g/mol. The lowest BCUT2D eigenvalue weighted by molar-refractivity contribution is -0.154. The molecule has 0 aromatic rings. The molecule has 0 saturated carbocycles. The third-order valence-electron chi connectivity index (χ3n) is 9.36. The van der Waals surface area contributed by atoms with Crippen LogP contribution in [0.3, 0.4) is 0 Å². The number of ether oxygens (including phenoxy) is 2. The van der Waals surface area contributed by atoms with Crippen molar-refractivity contribution >= 4 is 13.8 Å². The van der Waals surface area contributed by atoms with Crippen molar-refractivity contribution < 1.29 is 43.0 Å². The van der Waals surface area contributed by atoms with Gasteiger partial charge in [0.05, 0.1) is 26.4 Å². The number of phosphoric acid groups is 1. The van der Waals surface area contributed by atoms with E-state index in [0.29, 0.717) is 6.61 Å². The van der Waals surface area contributed by atoms with Crippen molar-refractivity contribution in [2.75, 3.05) is 33.0 Å². The molecule has 0 aliphatic heterocycles. The van der Waals surface area contributed by atoms with Crippen molar-refractivity contribution in [3.8, 4) is 0 Å². The van der Waals surface area contributed by atoms with Crippen molar-refractivity contribution in [2.45, 2.75) is 212 Å². The summed E-state index contributed by atoms with van der Waals surface area (Å²) in [6, 6.07) is 0. The fourth-order valence-electron chi connectivity index (χ4n) is 5.99. The number of aliphatic hydroxyl groups is 2. The number of carbonyl (C=O) groups is 1. The maximum atomic E-state index is 12.6. The first-order valence-corrected chi connectivity index (χ1v) is 23.3. The minimum atomic E-state index is -4.52. The van der Waals surface area contributed by atoms with E-state index in [4.69, 9.17) is 23.6 Å². The molecule has 0 saturated heterocycles. The van der Waals surface area contributed by atoms with Crippen LogP contribution in [0.15, 0.2) is 24.3 Å². The lowest BCUT2D eigenvalue weighted by Crippen LogP contribution is -2.29. The van der Waals surface area contributed by atoms with Gasteiger partial charge in [-0.2, -0.15) is 0 Å². The standard InChI is InChI=1S/C43H83O9P/c1-3-5-7-9-11-13-15-17-18-19-20-21-22-24-26-28-30-32-34-36-49-39-42(40-51-53(47,48)50-38-41(45)37-44)52-43(46)35-33-31-29-27-25-23-16-14-12-10-8-6-4-2/h14,16,18-19,41-42,44-45H,3-13,15,17,20-40H2,1-2H3,(H,47,48)/b16-14-,19-18-. The van der Waals surface area contributed by atoms with Crippen LogP contribution in [0.4, 0.5) is 0 Å². The highest BCUT2D eigenvalue weighted by molar-refractivity contribution is 7.47. The van der Waals surface area contributed by atoms with Gasteiger partial charge in [-0.25, -0.2) is 4.57 Å². The summed E-state index contributed by atoms with van der Waals surface area (Å²) >= 11 is 0. The monoisotopic (exact) mass is 775 g/mol. The molecule has 0 heterocycles. The van der Waals surface area contributed by atoms with Crippen LogP contribution >= 0.6 is 7.82 Å². The predicted molar refractivity (Wildman–Crippen MR) is 219 cm³/mol. The minimum Gasteiger partial charge on any atom is -0.457 e. The van der Waals surface area contributed by atoms with Gasteiger partial charge in [-0.05, 0) is 64.2 Å². The molecule has 0 fully saturated rings. The summed E-state index contributed by atoms with van der Waals surface area (Å²) in [5.41, 5.74) is 0. The largest absolute Gasteiger partial charge is 0.472 e. The van der Waals surface area contributed by atoms with E-state index < -0.39 is 39.2 Å². The van der Waals surface area contributed by atoms with E-state index in [-0.39, 0.29) is 19.6 Å². The number of hydrogen-bond donors (Lipinski definition) is 3. The Bertz CT molecular complexity index is 882. The highest BCUT2D eigenvalue weighted by atomic mass is 31.2. The number of aliphatic hydroxyl groups excluding tert-OH is 2. The number of carbonyl (C=O) groups excluding carboxylic acids is 1. The molecule has 3 atom stereocenters. The minimum absolute atomic E-state index is 0.0463. The Balaban J connectivity index is 4.14. The van der Waals surface area contributed by atoms with Crippen LogP contribution in [0.25, 0.3) is 0 Å². The van der Waals surface area contributed by atoms with Gasteiger partial charge in [0.2, 0.25) is 0 Å². The van der Waals surface area contributed by atoms with E-state index in [0.717, 1.165) is 57.8 Å². The molecule has 0 bridgehead atoms. The average Bonchev–Trinajstić information content (AvgIpc) is 3.15. The Morgan fingerprint density at radius 1 is 0.566 bits per heavy atom. The first-order chi connectivity index (χ1) is 25.8. The van der Waals surface area contributed by atoms with Crippen molar-refractivity contribution in [3.05, 3.63) is 24.3 Å². The first kappa shape index (κ1) is 51.9. The predicted octanol–water partition coefficient (Wildman–Crippen LogP) is 11.9. The number of esters is 1. The number of rotatable bonds is 42. The van der Waals surface area contributed by atoms with Crippen LogP contribution in [0.5, 0.6) is 0 Å². The highest BCUT2D eigenvalue weighted by Gasteiger charge is 2.26. The van der Waals surface area contributed by atoms with E-state index >= 15 is 0 Å². The number of allylic oxidation sites excluding steroid dienone is 4. The van der Waals surface area contributed by atoms with Crippen molar-refractivity contribution in [2.24, 2.45) is 0 Å². The summed E-state index contributed by atoms with van der Waals surface area (Å²) in [6.45, 7) is 3.50. The Hall–Kier alpha value is -1.06. The van der Waals surface area contributed by atoms with E-state index in [2.05, 4.69) is 38.2 Å². The number of hydrogen-bond acceptors (Lipinski definition) is 8. The van der Waals surface area contributed by atoms with Gasteiger partial charge in [0.15, 0.2) is 0 Å². The third kappa shape index (κ3) is 40.4. The Morgan fingerprint density at radius 3 is 1.43 bits per heavy atom. The van der Waals surface area contributed by atoms with Crippen LogP contribution in [0, 0.1) is 0 Å². The van der Waals surface area contributed by atoms with Crippen LogP contribution in [0.1, 0.15) is 200 Å². The fourth-order valence-corrected chi connectivity index (χ4v) is 6.78.